The highest BCUT2D eigenvalue weighted by atomic mass is 16.3. The Labute approximate surface area is 161 Å². The number of hydrogen-bond acceptors (Lipinski definition) is 5. The molecule has 0 bridgehead atoms. The lowest BCUT2D eigenvalue weighted by molar-refractivity contribution is -0.140. The standard InChI is InChI=1S/C22H17N3O3/c26-20(16-8-2-1-3-9-16)18-19(17-10-4-5-12-24-17)25(22(28)21(18)27)14-15-7-6-11-23-13-15/h1-13,19,26H,14H2/b20-18+/t19-/m0/s1. The summed E-state index contributed by atoms with van der Waals surface area (Å²) in [6.45, 7) is 0.186. The Bertz CT molecular complexity index is 1030. The van der Waals surface area contributed by atoms with Gasteiger partial charge in [0.2, 0.25) is 0 Å². The number of carbonyl (C=O) groups excluding carboxylic acids is 2. The Morgan fingerprint density at radius 3 is 2.43 bits per heavy atom. The topological polar surface area (TPSA) is 83.4 Å². The number of hydrogen-bond donors (Lipinski definition) is 1. The van der Waals surface area contributed by atoms with Crippen LogP contribution in [0.4, 0.5) is 0 Å². The van der Waals surface area contributed by atoms with Crippen LogP contribution in [-0.2, 0) is 16.1 Å². The van der Waals surface area contributed by atoms with E-state index in [2.05, 4.69) is 9.97 Å². The van der Waals surface area contributed by atoms with Crippen molar-refractivity contribution in [3.05, 3.63) is 102 Å². The lowest BCUT2D eigenvalue weighted by Gasteiger charge is -2.24. The number of carbonyl (C=O) groups is 2. The van der Waals surface area contributed by atoms with Gasteiger partial charge in [0, 0.05) is 30.7 Å². The molecule has 138 valence electrons. The lowest BCUT2D eigenvalue weighted by atomic mass is 9.98. The number of pyridine rings is 2. The van der Waals surface area contributed by atoms with Crippen LogP contribution < -0.4 is 0 Å². The van der Waals surface area contributed by atoms with E-state index in [1.807, 2.05) is 12.1 Å². The first kappa shape index (κ1) is 17.6. The number of aliphatic hydroxyl groups excluding tert-OH is 1. The molecule has 0 aliphatic carbocycles. The Morgan fingerprint density at radius 1 is 0.964 bits per heavy atom. The summed E-state index contributed by atoms with van der Waals surface area (Å²) in [5.41, 5.74) is 1.81. The molecule has 2 aromatic heterocycles. The number of aromatic nitrogens is 2. The van der Waals surface area contributed by atoms with Gasteiger partial charge < -0.3 is 10.0 Å². The number of Topliss-reactive ketones (excluding diaryl/α,β-unsaturated/α-hetero) is 1. The van der Waals surface area contributed by atoms with Gasteiger partial charge in [-0.05, 0) is 23.8 Å². The molecule has 1 aliphatic heterocycles. The Morgan fingerprint density at radius 2 is 1.75 bits per heavy atom. The van der Waals surface area contributed by atoms with E-state index in [-0.39, 0.29) is 17.9 Å². The minimum atomic E-state index is -0.776. The van der Waals surface area contributed by atoms with Crippen LogP contribution in [0.25, 0.3) is 5.76 Å². The number of amides is 1. The predicted molar refractivity (Wildman–Crippen MR) is 103 cm³/mol. The molecule has 3 aromatic rings. The molecule has 6 nitrogen and oxygen atoms in total. The highest BCUT2D eigenvalue weighted by molar-refractivity contribution is 6.46. The third-order valence-electron chi connectivity index (χ3n) is 4.63. The molecule has 6 heteroatoms. The van der Waals surface area contributed by atoms with Crippen molar-refractivity contribution in [1.82, 2.24) is 14.9 Å². The van der Waals surface area contributed by atoms with Gasteiger partial charge in [-0.25, -0.2) is 0 Å². The van der Waals surface area contributed by atoms with E-state index in [0.29, 0.717) is 11.3 Å². The van der Waals surface area contributed by atoms with Crippen molar-refractivity contribution in [3.63, 3.8) is 0 Å². The molecule has 3 heterocycles. The van der Waals surface area contributed by atoms with Crippen molar-refractivity contribution in [3.8, 4) is 0 Å². The van der Waals surface area contributed by atoms with E-state index in [9.17, 15) is 14.7 Å². The summed E-state index contributed by atoms with van der Waals surface area (Å²) in [5.74, 6) is -1.60. The second kappa shape index (κ2) is 7.44. The molecule has 0 unspecified atom stereocenters. The third-order valence-corrected chi connectivity index (χ3v) is 4.63. The van der Waals surface area contributed by atoms with Crippen molar-refractivity contribution >= 4 is 17.4 Å². The van der Waals surface area contributed by atoms with Gasteiger partial charge in [0.05, 0.1) is 11.3 Å². The van der Waals surface area contributed by atoms with Gasteiger partial charge in [-0.2, -0.15) is 0 Å². The summed E-state index contributed by atoms with van der Waals surface area (Å²) in [6.07, 6.45) is 4.89. The van der Waals surface area contributed by atoms with Crippen LogP contribution in [0.5, 0.6) is 0 Å². The van der Waals surface area contributed by atoms with Gasteiger partial charge in [-0.3, -0.25) is 19.6 Å². The summed E-state index contributed by atoms with van der Waals surface area (Å²) >= 11 is 0. The molecular formula is C22H17N3O3. The second-order valence-electron chi connectivity index (χ2n) is 6.41. The summed E-state index contributed by atoms with van der Waals surface area (Å²) in [4.78, 5) is 35.5. The molecule has 1 amide bonds. The van der Waals surface area contributed by atoms with Crippen molar-refractivity contribution in [2.24, 2.45) is 0 Å². The maximum Gasteiger partial charge on any atom is 0.296 e. The van der Waals surface area contributed by atoms with Crippen LogP contribution in [0.15, 0.2) is 84.8 Å². The maximum atomic E-state index is 12.9. The zero-order valence-corrected chi connectivity index (χ0v) is 14.9. The fourth-order valence-corrected chi connectivity index (χ4v) is 3.33. The van der Waals surface area contributed by atoms with Crippen molar-refractivity contribution in [2.75, 3.05) is 0 Å². The molecule has 4 rings (SSSR count). The first-order valence-corrected chi connectivity index (χ1v) is 8.80. The zero-order chi connectivity index (χ0) is 19.5. The SMILES string of the molecule is O=C1C(=O)N(Cc2cccnc2)[C@@H](c2ccccn2)/C1=C(\O)c1ccccc1. The summed E-state index contributed by atoms with van der Waals surface area (Å²) in [5, 5.41) is 10.9. The maximum absolute atomic E-state index is 12.9. The Balaban J connectivity index is 1.85. The number of likely N-dealkylation sites (tertiary alicyclic amines) is 1. The fourth-order valence-electron chi connectivity index (χ4n) is 3.33. The van der Waals surface area contributed by atoms with E-state index in [1.54, 1.807) is 67.1 Å². The monoisotopic (exact) mass is 371 g/mol. The number of nitrogens with zero attached hydrogens (tertiary/aromatic N) is 3. The predicted octanol–water partition coefficient (Wildman–Crippen LogP) is 3.10. The van der Waals surface area contributed by atoms with Gasteiger partial charge >= 0.3 is 0 Å². The zero-order valence-electron chi connectivity index (χ0n) is 14.9. The molecular weight excluding hydrogens is 354 g/mol. The quantitative estimate of drug-likeness (QED) is 0.433. The van der Waals surface area contributed by atoms with Crippen molar-refractivity contribution in [2.45, 2.75) is 12.6 Å². The molecule has 1 aliphatic rings. The smallest absolute Gasteiger partial charge is 0.296 e. The average Bonchev–Trinajstić information content (AvgIpc) is 3.00. The van der Waals surface area contributed by atoms with Crippen LogP contribution in [-0.4, -0.2) is 31.7 Å². The van der Waals surface area contributed by atoms with Crippen LogP contribution in [0, 0.1) is 0 Å². The largest absolute Gasteiger partial charge is 0.507 e. The van der Waals surface area contributed by atoms with Crippen molar-refractivity contribution in [1.29, 1.82) is 0 Å². The van der Waals surface area contributed by atoms with E-state index < -0.39 is 17.7 Å². The molecule has 0 saturated carbocycles. The van der Waals surface area contributed by atoms with Gasteiger partial charge in [0.1, 0.15) is 11.8 Å². The molecule has 1 fully saturated rings. The first-order chi connectivity index (χ1) is 13.7. The van der Waals surface area contributed by atoms with Crippen LogP contribution in [0.1, 0.15) is 22.9 Å². The van der Waals surface area contributed by atoms with E-state index in [0.717, 1.165) is 5.56 Å². The van der Waals surface area contributed by atoms with Gasteiger partial charge in [-0.1, -0.05) is 42.5 Å². The summed E-state index contributed by atoms with van der Waals surface area (Å²) < 4.78 is 0. The molecule has 0 spiro atoms. The molecule has 1 aromatic carbocycles. The molecule has 0 radical (unpaired) electrons. The normalized spacial score (nSPS) is 18.4. The average molecular weight is 371 g/mol. The number of rotatable bonds is 4. The van der Waals surface area contributed by atoms with E-state index in [4.69, 9.17) is 0 Å². The molecule has 28 heavy (non-hydrogen) atoms. The van der Waals surface area contributed by atoms with Crippen LogP contribution in [0.2, 0.25) is 0 Å². The molecule has 1 atom stereocenters. The molecule has 1 N–H and O–H groups in total. The number of aliphatic hydroxyl groups is 1. The van der Waals surface area contributed by atoms with Crippen LogP contribution in [0.3, 0.4) is 0 Å². The lowest BCUT2D eigenvalue weighted by Crippen LogP contribution is -2.29. The summed E-state index contributed by atoms with van der Waals surface area (Å²) in [6, 6.07) is 16.8. The summed E-state index contributed by atoms with van der Waals surface area (Å²) in [7, 11) is 0. The third kappa shape index (κ3) is 3.16. The first-order valence-electron chi connectivity index (χ1n) is 8.80. The Hall–Kier alpha value is -3.80. The van der Waals surface area contributed by atoms with E-state index in [1.165, 1.54) is 4.90 Å². The van der Waals surface area contributed by atoms with Gasteiger partial charge in [0.15, 0.2) is 0 Å². The van der Waals surface area contributed by atoms with Crippen LogP contribution >= 0.6 is 0 Å². The number of benzene rings is 1. The molecule has 1 saturated heterocycles. The van der Waals surface area contributed by atoms with Gasteiger partial charge in [0.25, 0.3) is 11.7 Å². The second-order valence-corrected chi connectivity index (χ2v) is 6.41. The highest BCUT2D eigenvalue weighted by Crippen LogP contribution is 2.39. The Kier molecular flexibility index (Phi) is 4.68. The minimum absolute atomic E-state index is 0.0405. The van der Waals surface area contributed by atoms with E-state index >= 15 is 0 Å². The van der Waals surface area contributed by atoms with Crippen molar-refractivity contribution < 1.29 is 14.7 Å². The highest BCUT2D eigenvalue weighted by Gasteiger charge is 2.46. The fraction of sp³-hybridized carbons (Fsp3) is 0.0909. The number of ketones is 1. The minimum Gasteiger partial charge on any atom is -0.507 e. The van der Waals surface area contributed by atoms with Gasteiger partial charge in [-0.15, -0.1) is 0 Å².